The minimum Gasteiger partial charge on any atom is -0.489 e. The van der Waals surface area contributed by atoms with Crippen LogP contribution < -0.4 is 9.64 Å². The second-order valence-corrected chi connectivity index (χ2v) is 8.27. The summed E-state index contributed by atoms with van der Waals surface area (Å²) < 4.78 is 44.7. The molecule has 30 heavy (non-hydrogen) atoms. The van der Waals surface area contributed by atoms with Crippen molar-refractivity contribution in [2.45, 2.75) is 50.8 Å². The predicted octanol–water partition coefficient (Wildman–Crippen LogP) is 5.23. The van der Waals surface area contributed by atoms with E-state index in [4.69, 9.17) is 4.74 Å². The summed E-state index contributed by atoms with van der Waals surface area (Å²) in [6.45, 7) is 3.15. The van der Waals surface area contributed by atoms with Crippen molar-refractivity contribution >= 4 is 11.6 Å². The average molecular weight is 418 g/mol. The first kappa shape index (κ1) is 20.7. The van der Waals surface area contributed by atoms with Crippen molar-refractivity contribution in [3.63, 3.8) is 0 Å². The number of Topliss-reactive ketones (excluding diaryl/α,β-unsaturated/α-hetero) is 1. The number of pyridine rings is 1. The monoisotopic (exact) mass is 418 g/mol. The Bertz CT molecular complexity index is 894. The van der Waals surface area contributed by atoms with Crippen LogP contribution in [0.15, 0.2) is 42.5 Å². The largest absolute Gasteiger partial charge is 0.489 e. The molecule has 1 unspecified atom stereocenters. The van der Waals surface area contributed by atoms with E-state index >= 15 is 0 Å². The highest BCUT2D eigenvalue weighted by Crippen LogP contribution is 2.34. The van der Waals surface area contributed by atoms with Gasteiger partial charge in [0.05, 0.1) is 6.54 Å². The summed E-state index contributed by atoms with van der Waals surface area (Å²) in [4.78, 5) is 17.6. The molecule has 1 aliphatic heterocycles. The summed E-state index contributed by atoms with van der Waals surface area (Å²) in [7, 11) is 0. The summed E-state index contributed by atoms with van der Waals surface area (Å²) in [5.41, 5.74) is 0.229. The molecule has 7 heteroatoms. The molecular formula is C23H25F3N2O2. The van der Waals surface area contributed by atoms with Crippen LogP contribution in [0.25, 0.3) is 0 Å². The number of carbonyl (C=O) groups is 1. The normalized spacial score (nSPS) is 20.3. The highest BCUT2D eigenvalue weighted by atomic mass is 19.4. The third-order valence-electron chi connectivity index (χ3n) is 5.79. The maximum absolute atomic E-state index is 12.9. The Morgan fingerprint density at radius 1 is 1.17 bits per heavy atom. The van der Waals surface area contributed by atoms with Gasteiger partial charge in [0.2, 0.25) is 0 Å². The van der Waals surface area contributed by atoms with E-state index in [9.17, 15) is 18.0 Å². The van der Waals surface area contributed by atoms with Crippen LogP contribution in [-0.2, 0) is 11.0 Å². The molecule has 0 radical (unpaired) electrons. The lowest BCUT2D eigenvalue weighted by Gasteiger charge is -2.19. The van der Waals surface area contributed by atoms with Crippen molar-refractivity contribution in [1.29, 1.82) is 0 Å². The quantitative estimate of drug-likeness (QED) is 0.618. The Labute approximate surface area is 174 Å². The lowest BCUT2D eigenvalue weighted by molar-refractivity contribution is -0.141. The molecule has 2 aliphatic rings. The molecule has 1 saturated heterocycles. The summed E-state index contributed by atoms with van der Waals surface area (Å²) in [5, 5.41) is 0. The first-order valence-electron chi connectivity index (χ1n) is 10.4. The molecule has 1 aromatic heterocycles. The maximum atomic E-state index is 12.9. The molecule has 2 fully saturated rings. The Morgan fingerprint density at radius 2 is 1.90 bits per heavy atom. The van der Waals surface area contributed by atoms with E-state index in [1.54, 1.807) is 6.07 Å². The van der Waals surface area contributed by atoms with Gasteiger partial charge in [-0.05, 0) is 48.6 Å². The number of benzene rings is 1. The molecule has 4 nitrogen and oxygen atoms in total. The molecule has 2 aromatic rings. The highest BCUT2D eigenvalue weighted by Gasteiger charge is 2.34. The van der Waals surface area contributed by atoms with E-state index in [1.165, 1.54) is 6.07 Å². The number of hydrogen-bond acceptors (Lipinski definition) is 4. The molecular weight excluding hydrogens is 393 g/mol. The third kappa shape index (κ3) is 4.94. The standard InChI is InChI=1S/C23H25F3N2O2/c1-15(13-20(29)17-5-6-17)16-7-9-18(10-8-16)30-19-11-12-28(14-19)22-4-2-3-21(27-22)23(24,25)26/h2-4,7-10,15,17,19H,5-6,11-14H2,1H3/t15-,19?/m1/s1. The van der Waals surface area contributed by atoms with Gasteiger partial charge in [-0.2, -0.15) is 13.2 Å². The van der Waals surface area contributed by atoms with Crippen LogP contribution in [0.1, 0.15) is 49.8 Å². The molecule has 0 amide bonds. The lowest BCUT2D eigenvalue weighted by atomic mass is 9.94. The molecule has 160 valence electrons. The second-order valence-electron chi connectivity index (χ2n) is 8.27. The Morgan fingerprint density at radius 3 is 2.57 bits per heavy atom. The Hall–Kier alpha value is -2.57. The number of halogens is 3. The van der Waals surface area contributed by atoms with Gasteiger partial charge in [-0.25, -0.2) is 4.98 Å². The first-order valence-corrected chi connectivity index (χ1v) is 10.4. The van der Waals surface area contributed by atoms with Gasteiger partial charge in [-0.3, -0.25) is 4.79 Å². The summed E-state index contributed by atoms with van der Waals surface area (Å²) >= 11 is 0. The van der Waals surface area contributed by atoms with Gasteiger partial charge in [0.1, 0.15) is 29.1 Å². The van der Waals surface area contributed by atoms with Crippen molar-refractivity contribution in [3.05, 3.63) is 53.7 Å². The second kappa shape index (κ2) is 8.28. The highest BCUT2D eigenvalue weighted by molar-refractivity contribution is 5.83. The summed E-state index contributed by atoms with van der Waals surface area (Å²) in [6.07, 6.45) is -1.20. The van der Waals surface area contributed by atoms with Gasteiger partial charge >= 0.3 is 6.18 Å². The van der Waals surface area contributed by atoms with Gasteiger partial charge in [0.15, 0.2) is 0 Å². The van der Waals surface area contributed by atoms with Gasteiger partial charge in [-0.1, -0.05) is 25.1 Å². The van der Waals surface area contributed by atoms with E-state index < -0.39 is 11.9 Å². The van der Waals surface area contributed by atoms with Crippen molar-refractivity contribution in [2.75, 3.05) is 18.0 Å². The smallest absolute Gasteiger partial charge is 0.433 e. The van der Waals surface area contributed by atoms with Crippen molar-refractivity contribution in [1.82, 2.24) is 4.98 Å². The zero-order valence-electron chi connectivity index (χ0n) is 16.9. The molecule has 4 rings (SSSR count). The van der Waals surface area contributed by atoms with Crippen LogP contribution in [0.4, 0.5) is 19.0 Å². The number of ether oxygens (including phenoxy) is 1. The molecule has 0 spiro atoms. The van der Waals surface area contributed by atoms with Crippen molar-refractivity contribution in [3.8, 4) is 5.75 Å². The van der Waals surface area contributed by atoms with Gasteiger partial charge in [0.25, 0.3) is 0 Å². The number of carbonyl (C=O) groups excluding carboxylic acids is 1. The van der Waals surface area contributed by atoms with E-state index in [1.807, 2.05) is 29.2 Å². The maximum Gasteiger partial charge on any atom is 0.433 e. The minimum absolute atomic E-state index is 0.110. The zero-order chi connectivity index (χ0) is 21.3. The van der Waals surface area contributed by atoms with E-state index in [-0.39, 0.29) is 17.9 Å². The van der Waals surface area contributed by atoms with Crippen LogP contribution in [-0.4, -0.2) is 30.0 Å². The van der Waals surface area contributed by atoms with Crippen molar-refractivity contribution in [2.24, 2.45) is 5.92 Å². The fourth-order valence-electron chi connectivity index (χ4n) is 3.85. The SMILES string of the molecule is C[C@H](CC(=O)C1CC1)c1ccc(OC2CCN(c3cccc(C(F)(F)F)n3)C2)cc1. The molecule has 0 bridgehead atoms. The van der Waals surface area contributed by atoms with Gasteiger partial charge in [-0.15, -0.1) is 0 Å². The van der Waals surface area contributed by atoms with E-state index in [2.05, 4.69) is 11.9 Å². The van der Waals surface area contributed by atoms with Crippen LogP contribution >= 0.6 is 0 Å². The third-order valence-corrected chi connectivity index (χ3v) is 5.79. The number of hydrogen-bond donors (Lipinski definition) is 0. The predicted molar refractivity (Wildman–Crippen MR) is 108 cm³/mol. The Balaban J connectivity index is 1.33. The molecule has 2 atom stereocenters. The first-order chi connectivity index (χ1) is 14.3. The lowest BCUT2D eigenvalue weighted by Crippen LogP contribution is -2.25. The molecule has 2 heterocycles. The number of rotatable bonds is 7. The van der Waals surface area contributed by atoms with E-state index in [0.717, 1.165) is 30.2 Å². The number of anilines is 1. The van der Waals surface area contributed by atoms with Crippen LogP contribution in [0.2, 0.25) is 0 Å². The van der Waals surface area contributed by atoms with E-state index in [0.29, 0.717) is 37.5 Å². The number of nitrogens with zero attached hydrogens (tertiary/aromatic N) is 2. The zero-order valence-corrected chi connectivity index (χ0v) is 16.9. The number of aromatic nitrogens is 1. The van der Waals surface area contributed by atoms with Crippen molar-refractivity contribution < 1.29 is 22.7 Å². The molecule has 1 aliphatic carbocycles. The van der Waals surface area contributed by atoms with Crippen LogP contribution in [0.3, 0.4) is 0 Å². The Kier molecular flexibility index (Phi) is 5.71. The minimum atomic E-state index is -4.45. The molecule has 1 aromatic carbocycles. The summed E-state index contributed by atoms with van der Waals surface area (Å²) in [6, 6.07) is 11.7. The molecule has 0 N–H and O–H groups in total. The fourth-order valence-corrected chi connectivity index (χ4v) is 3.85. The van der Waals surface area contributed by atoms with Crippen LogP contribution in [0, 0.1) is 5.92 Å². The number of ketones is 1. The van der Waals surface area contributed by atoms with Gasteiger partial charge < -0.3 is 9.64 Å². The molecule has 1 saturated carbocycles. The number of alkyl halides is 3. The average Bonchev–Trinajstić information content (AvgIpc) is 3.47. The summed E-state index contributed by atoms with van der Waals surface area (Å²) in [5.74, 6) is 1.87. The van der Waals surface area contributed by atoms with Crippen LogP contribution in [0.5, 0.6) is 5.75 Å². The topological polar surface area (TPSA) is 42.4 Å². The van der Waals surface area contributed by atoms with Gasteiger partial charge in [0, 0.05) is 25.3 Å². The fraction of sp³-hybridized carbons (Fsp3) is 0.478.